The molecule has 0 aliphatic heterocycles. The number of ether oxygens (including phenoxy) is 1. The van der Waals surface area contributed by atoms with Crippen LogP contribution in [0.25, 0.3) is 33.4 Å². The van der Waals surface area contributed by atoms with E-state index in [0.717, 1.165) is 46.1 Å². The van der Waals surface area contributed by atoms with Crippen molar-refractivity contribution in [3.63, 3.8) is 0 Å². The quantitative estimate of drug-likeness (QED) is 0.571. The molecule has 8 heteroatoms. The van der Waals surface area contributed by atoms with Gasteiger partial charge < -0.3 is 10.5 Å². The number of nitrogens with two attached hydrogens (primary N) is 1. The van der Waals surface area contributed by atoms with Gasteiger partial charge in [-0.15, -0.1) is 0 Å². The number of H-pyrrole nitrogens is 1. The van der Waals surface area contributed by atoms with Gasteiger partial charge in [0.25, 0.3) is 0 Å². The van der Waals surface area contributed by atoms with Crippen LogP contribution < -0.4 is 10.5 Å². The molecule has 0 bridgehead atoms. The number of aryl methyl sites for hydroxylation is 2. The van der Waals surface area contributed by atoms with Gasteiger partial charge in [0.05, 0.1) is 36.3 Å². The van der Waals surface area contributed by atoms with Gasteiger partial charge in [0.1, 0.15) is 17.3 Å². The van der Waals surface area contributed by atoms with E-state index in [1.165, 1.54) is 0 Å². The molecule has 1 aromatic carbocycles. The predicted octanol–water partition coefficient (Wildman–Crippen LogP) is 3.12. The molecule has 0 amide bonds. The molecule has 28 heavy (non-hydrogen) atoms. The number of fused-ring (bicyclic) bond motifs is 2. The van der Waals surface area contributed by atoms with Crippen molar-refractivity contribution in [1.29, 1.82) is 0 Å². The van der Waals surface area contributed by atoms with Crippen LogP contribution in [0.1, 0.15) is 23.6 Å². The minimum absolute atomic E-state index is 0.159. The van der Waals surface area contributed by atoms with Crippen molar-refractivity contribution in [3.8, 4) is 28.3 Å². The van der Waals surface area contributed by atoms with Gasteiger partial charge in [-0.2, -0.15) is 10.2 Å². The van der Waals surface area contributed by atoms with Crippen LogP contribution in [-0.4, -0.2) is 32.1 Å². The van der Waals surface area contributed by atoms with Crippen molar-refractivity contribution in [2.75, 3.05) is 7.11 Å². The normalized spacial score (nSPS) is 15.9. The number of rotatable bonds is 3. The highest BCUT2D eigenvalue weighted by Crippen LogP contribution is 2.44. The van der Waals surface area contributed by atoms with E-state index in [4.69, 9.17) is 10.5 Å². The van der Waals surface area contributed by atoms with Crippen LogP contribution in [-0.2, 0) is 13.5 Å². The summed E-state index contributed by atoms with van der Waals surface area (Å²) >= 11 is 0. The highest BCUT2D eigenvalue weighted by molar-refractivity contribution is 5.94. The molecule has 1 aliphatic rings. The van der Waals surface area contributed by atoms with E-state index >= 15 is 4.39 Å². The van der Waals surface area contributed by atoms with Gasteiger partial charge in [0, 0.05) is 35.8 Å². The summed E-state index contributed by atoms with van der Waals surface area (Å²) in [4.78, 5) is 4.46. The van der Waals surface area contributed by atoms with Crippen LogP contribution in [0.15, 0.2) is 30.7 Å². The van der Waals surface area contributed by atoms with Gasteiger partial charge in [0.15, 0.2) is 0 Å². The molecule has 5 rings (SSSR count). The maximum Gasteiger partial charge on any atom is 0.136 e. The van der Waals surface area contributed by atoms with Gasteiger partial charge in [0.2, 0.25) is 0 Å². The lowest BCUT2D eigenvalue weighted by molar-refractivity contribution is 0.405. The molecule has 0 spiro atoms. The second kappa shape index (κ2) is 6.13. The second-order valence-corrected chi connectivity index (χ2v) is 7.07. The number of methoxy groups -OCH3 is 1. The number of aromatic amines is 1. The molecule has 1 aliphatic carbocycles. The van der Waals surface area contributed by atoms with Gasteiger partial charge in [-0.1, -0.05) is 0 Å². The number of pyridine rings is 1. The Balaban J connectivity index is 1.73. The highest BCUT2D eigenvalue weighted by atomic mass is 19.1. The van der Waals surface area contributed by atoms with Crippen molar-refractivity contribution in [1.82, 2.24) is 25.0 Å². The number of nitrogens with zero attached hydrogens (tertiary/aromatic N) is 4. The molecule has 3 N–H and O–H groups in total. The average Bonchev–Trinajstić information content (AvgIpc) is 3.39. The van der Waals surface area contributed by atoms with Crippen LogP contribution >= 0.6 is 0 Å². The molecule has 3 heterocycles. The number of hydrogen-bond donors (Lipinski definition) is 2. The fourth-order valence-electron chi connectivity index (χ4n) is 4.03. The topological polar surface area (TPSA) is 94.6 Å². The van der Waals surface area contributed by atoms with Gasteiger partial charge in [-0.25, -0.2) is 4.39 Å². The molecule has 4 aromatic rings. The number of nitrogens with one attached hydrogen (secondary N) is 1. The Morgan fingerprint density at radius 2 is 2.18 bits per heavy atom. The zero-order valence-corrected chi connectivity index (χ0v) is 15.5. The summed E-state index contributed by atoms with van der Waals surface area (Å²) in [6.07, 6.45) is 6.82. The molecule has 0 saturated carbocycles. The summed E-state index contributed by atoms with van der Waals surface area (Å²) < 4.78 is 22.4. The Morgan fingerprint density at radius 3 is 2.93 bits per heavy atom. The van der Waals surface area contributed by atoms with E-state index in [9.17, 15) is 0 Å². The lowest BCUT2D eigenvalue weighted by Crippen LogP contribution is -2.09. The number of hydrogen-bond acceptors (Lipinski definition) is 5. The number of benzene rings is 1. The standard InChI is InChI=1S/C20H19FN6O/c1-27-9-11(7-24-27)19-12-6-15(23-8-16(12)25-26-19)18-13(21)5-10-3-4-14(22)17(10)20(18)28-2/h5-9,14H,3-4,22H2,1-2H3,(H,25,26). The molecule has 3 aromatic heterocycles. The van der Waals surface area contributed by atoms with Crippen LogP contribution in [0, 0.1) is 5.82 Å². The molecule has 0 radical (unpaired) electrons. The first-order valence-corrected chi connectivity index (χ1v) is 9.05. The summed E-state index contributed by atoms with van der Waals surface area (Å²) in [6.45, 7) is 0. The van der Waals surface area contributed by atoms with E-state index in [0.29, 0.717) is 17.0 Å². The Morgan fingerprint density at radius 1 is 1.32 bits per heavy atom. The minimum Gasteiger partial charge on any atom is -0.496 e. The largest absolute Gasteiger partial charge is 0.496 e. The average molecular weight is 378 g/mol. The maximum atomic E-state index is 15.1. The molecule has 142 valence electrons. The third kappa shape index (κ3) is 2.41. The van der Waals surface area contributed by atoms with Crippen LogP contribution in [0.3, 0.4) is 0 Å². The van der Waals surface area contributed by atoms with Crippen molar-refractivity contribution < 1.29 is 9.13 Å². The summed E-state index contributed by atoms with van der Waals surface area (Å²) in [7, 11) is 3.39. The highest BCUT2D eigenvalue weighted by Gasteiger charge is 2.29. The molecule has 0 fully saturated rings. The van der Waals surface area contributed by atoms with Gasteiger partial charge >= 0.3 is 0 Å². The third-order valence-electron chi connectivity index (χ3n) is 5.34. The Hall–Kier alpha value is -3.26. The van der Waals surface area contributed by atoms with Crippen molar-refractivity contribution in [3.05, 3.63) is 47.7 Å². The van der Waals surface area contributed by atoms with E-state index in [-0.39, 0.29) is 11.9 Å². The molecular formula is C20H19FN6O. The molecular weight excluding hydrogens is 359 g/mol. The summed E-state index contributed by atoms with van der Waals surface area (Å²) in [6, 6.07) is 3.23. The van der Waals surface area contributed by atoms with Gasteiger partial charge in [-0.3, -0.25) is 14.8 Å². The maximum absolute atomic E-state index is 15.1. The summed E-state index contributed by atoms with van der Waals surface area (Å²) in [5, 5.41) is 12.4. The molecule has 1 atom stereocenters. The first-order chi connectivity index (χ1) is 13.6. The van der Waals surface area contributed by atoms with E-state index < -0.39 is 0 Å². The number of aromatic nitrogens is 5. The Kier molecular flexibility index (Phi) is 3.70. The van der Waals surface area contributed by atoms with E-state index in [2.05, 4.69) is 20.3 Å². The number of halogens is 1. The smallest absolute Gasteiger partial charge is 0.136 e. The van der Waals surface area contributed by atoms with Crippen molar-refractivity contribution in [2.24, 2.45) is 12.8 Å². The Labute approximate surface area is 160 Å². The van der Waals surface area contributed by atoms with E-state index in [1.54, 1.807) is 30.3 Å². The first-order valence-electron chi connectivity index (χ1n) is 9.05. The predicted molar refractivity (Wildman–Crippen MR) is 103 cm³/mol. The van der Waals surface area contributed by atoms with E-state index in [1.807, 2.05) is 19.3 Å². The van der Waals surface area contributed by atoms with Crippen molar-refractivity contribution >= 4 is 10.9 Å². The molecule has 0 saturated heterocycles. The van der Waals surface area contributed by atoms with Crippen LogP contribution in [0.4, 0.5) is 4.39 Å². The van der Waals surface area contributed by atoms with Crippen LogP contribution in [0.2, 0.25) is 0 Å². The minimum atomic E-state index is -0.358. The van der Waals surface area contributed by atoms with Crippen molar-refractivity contribution in [2.45, 2.75) is 18.9 Å². The second-order valence-electron chi connectivity index (χ2n) is 7.07. The van der Waals surface area contributed by atoms with Gasteiger partial charge in [-0.05, 0) is 30.5 Å². The molecule has 7 nitrogen and oxygen atoms in total. The van der Waals surface area contributed by atoms with Crippen LogP contribution in [0.5, 0.6) is 5.75 Å². The fraction of sp³-hybridized carbons (Fsp3) is 0.250. The SMILES string of the molecule is COc1c(-c2cc3c(-c4cnn(C)c4)n[nH]c3cn2)c(F)cc2c1C(N)CC2. The first kappa shape index (κ1) is 16.9. The fourth-order valence-corrected chi connectivity index (χ4v) is 4.03. The Bertz CT molecular complexity index is 1210. The monoisotopic (exact) mass is 378 g/mol. The third-order valence-corrected chi connectivity index (χ3v) is 5.34. The zero-order valence-electron chi connectivity index (χ0n) is 15.5. The lowest BCUT2D eigenvalue weighted by atomic mass is 9.98. The summed E-state index contributed by atoms with van der Waals surface area (Å²) in [5.74, 6) is 0.112. The zero-order chi connectivity index (χ0) is 19.4. The molecule has 1 unspecified atom stereocenters. The summed E-state index contributed by atoms with van der Waals surface area (Å²) in [5.41, 5.74) is 11.2. The lowest BCUT2D eigenvalue weighted by Gasteiger charge is -2.16.